The minimum absolute atomic E-state index is 0.150. The molecule has 0 spiro atoms. The number of amides is 2. The standard InChI is InChI=1S/C16H23N3O5S/c1-24-15(20)8-2-3-9-17-16(21)18-13-6-4-7-14(12-13)19-10-5-11-25(19,22)23/h4,6-7,12H,2-3,5,8-11H2,1H3,(H2,17,18,21). The van der Waals surface area contributed by atoms with Gasteiger partial charge in [0.05, 0.1) is 18.6 Å². The van der Waals surface area contributed by atoms with Crippen molar-refractivity contribution in [2.75, 3.05) is 35.6 Å². The minimum atomic E-state index is -3.25. The molecule has 8 nitrogen and oxygen atoms in total. The van der Waals surface area contributed by atoms with Crippen LogP contribution < -0.4 is 14.9 Å². The lowest BCUT2D eigenvalue weighted by Gasteiger charge is -2.17. The van der Waals surface area contributed by atoms with E-state index in [1.165, 1.54) is 11.4 Å². The Hall–Kier alpha value is -2.29. The Morgan fingerprint density at radius 1 is 1.28 bits per heavy atom. The highest BCUT2D eigenvalue weighted by Crippen LogP contribution is 2.26. The van der Waals surface area contributed by atoms with Crippen LogP contribution in [-0.4, -0.2) is 46.4 Å². The number of sulfonamides is 1. The van der Waals surface area contributed by atoms with Gasteiger partial charge in [-0.15, -0.1) is 0 Å². The molecule has 1 aliphatic rings. The van der Waals surface area contributed by atoms with Crippen LogP contribution in [0, 0.1) is 0 Å². The van der Waals surface area contributed by atoms with E-state index in [4.69, 9.17) is 0 Å². The quantitative estimate of drug-likeness (QED) is 0.562. The number of methoxy groups -OCH3 is 1. The number of rotatable bonds is 7. The molecule has 1 fully saturated rings. The first-order valence-electron chi connectivity index (χ1n) is 8.14. The summed E-state index contributed by atoms with van der Waals surface area (Å²) in [5.74, 6) is -0.116. The lowest BCUT2D eigenvalue weighted by molar-refractivity contribution is -0.140. The van der Waals surface area contributed by atoms with Crippen molar-refractivity contribution < 1.29 is 22.7 Å². The molecule has 0 aliphatic carbocycles. The highest BCUT2D eigenvalue weighted by molar-refractivity contribution is 7.93. The van der Waals surface area contributed by atoms with Gasteiger partial charge in [-0.25, -0.2) is 13.2 Å². The van der Waals surface area contributed by atoms with E-state index in [-0.39, 0.29) is 17.8 Å². The maximum atomic E-state index is 12.0. The second-order valence-corrected chi connectivity index (χ2v) is 7.72. The molecule has 0 saturated carbocycles. The van der Waals surface area contributed by atoms with Gasteiger partial charge in [-0.05, 0) is 37.5 Å². The van der Waals surface area contributed by atoms with Crippen LogP contribution in [0.15, 0.2) is 24.3 Å². The molecule has 0 unspecified atom stereocenters. The topological polar surface area (TPSA) is 105 Å². The predicted octanol–water partition coefficient (Wildman–Crippen LogP) is 1.69. The number of esters is 1. The zero-order chi connectivity index (χ0) is 18.3. The fourth-order valence-electron chi connectivity index (χ4n) is 2.54. The Labute approximate surface area is 147 Å². The summed E-state index contributed by atoms with van der Waals surface area (Å²) in [6, 6.07) is 6.37. The summed E-state index contributed by atoms with van der Waals surface area (Å²) in [5.41, 5.74) is 1.07. The van der Waals surface area contributed by atoms with E-state index in [9.17, 15) is 18.0 Å². The average molecular weight is 369 g/mol. The van der Waals surface area contributed by atoms with E-state index < -0.39 is 10.0 Å². The van der Waals surface area contributed by atoms with Gasteiger partial charge in [0.1, 0.15) is 0 Å². The molecule has 0 aromatic heterocycles. The van der Waals surface area contributed by atoms with Gasteiger partial charge in [0.25, 0.3) is 0 Å². The number of urea groups is 1. The van der Waals surface area contributed by atoms with Gasteiger partial charge in [0.2, 0.25) is 10.0 Å². The number of carbonyl (C=O) groups excluding carboxylic acids is 2. The van der Waals surface area contributed by atoms with Gasteiger partial charge in [-0.3, -0.25) is 9.10 Å². The molecule has 25 heavy (non-hydrogen) atoms. The van der Waals surface area contributed by atoms with Crippen LogP contribution in [0.4, 0.5) is 16.2 Å². The number of carbonyl (C=O) groups is 2. The summed E-state index contributed by atoms with van der Waals surface area (Å²) >= 11 is 0. The Kier molecular flexibility index (Phi) is 6.63. The number of unbranched alkanes of at least 4 members (excludes halogenated alkanes) is 1. The summed E-state index contributed by atoms with van der Waals surface area (Å²) in [6.45, 7) is 0.890. The molecule has 0 atom stereocenters. The number of nitrogens with zero attached hydrogens (tertiary/aromatic N) is 1. The summed E-state index contributed by atoms with van der Waals surface area (Å²) in [7, 11) is -1.91. The van der Waals surface area contributed by atoms with Gasteiger partial charge in [-0.2, -0.15) is 0 Å². The van der Waals surface area contributed by atoms with Gasteiger partial charge in [-0.1, -0.05) is 6.07 Å². The Bertz CT molecular complexity index is 720. The van der Waals surface area contributed by atoms with Crippen molar-refractivity contribution in [3.8, 4) is 0 Å². The Morgan fingerprint density at radius 2 is 2.08 bits per heavy atom. The second kappa shape index (κ2) is 8.70. The van der Waals surface area contributed by atoms with Crippen LogP contribution in [0.2, 0.25) is 0 Å². The van der Waals surface area contributed by atoms with E-state index in [0.717, 1.165) is 0 Å². The normalized spacial score (nSPS) is 15.6. The third kappa shape index (κ3) is 5.63. The lowest BCUT2D eigenvalue weighted by atomic mass is 10.2. The number of benzene rings is 1. The largest absolute Gasteiger partial charge is 0.469 e. The SMILES string of the molecule is COC(=O)CCCCNC(=O)Nc1cccc(N2CCCS2(=O)=O)c1. The molecule has 2 N–H and O–H groups in total. The Balaban J connectivity index is 1.81. The Morgan fingerprint density at radius 3 is 2.76 bits per heavy atom. The van der Waals surface area contributed by atoms with E-state index in [2.05, 4.69) is 15.4 Å². The molecule has 1 aromatic rings. The summed E-state index contributed by atoms with van der Waals surface area (Å²) in [4.78, 5) is 22.8. The molecule has 138 valence electrons. The van der Waals surface area contributed by atoms with Gasteiger partial charge in [0, 0.05) is 25.2 Å². The predicted molar refractivity (Wildman–Crippen MR) is 95.1 cm³/mol. The highest BCUT2D eigenvalue weighted by Gasteiger charge is 2.28. The molecule has 1 heterocycles. The van der Waals surface area contributed by atoms with Crippen molar-refractivity contribution in [1.29, 1.82) is 0 Å². The summed E-state index contributed by atoms with van der Waals surface area (Å²) < 4.78 is 29.8. The average Bonchev–Trinajstić information content (AvgIpc) is 2.93. The number of hydrogen-bond donors (Lipinski definition) is 2. The van der Waals surface area contributed by atoms with E-state index in [1.807, 2.05) is 0 Å². The number of ether oxygens (including phenoxy) is 1. The fourth-order valence-corrected chi connectivity index (χ4v) is 4.10. The van der Waals surface area contributed by atoms with E-state index in [1.54, 1.807) is 24.3 Å². The van der Waals surface area contributed by atoms with Gasteiger partial charge < -0.3 is 15.4 Å². The van der Waals surface area contributed by atoms with Crippen molar-refractivity contribution in [1.82, 2.24) is 5.32 Å². The molecule has 2 amide bonds. The molecule has 1 aromatic carbocycles. The molecule has 9 heteroatoms. The molecule has 0 radical (unpaired) electrons. The third-order valence-corrected chi connectivity index (χ3v) is 5.68. The maximum Gasteiger partial charge on any atom is 0.319 e. The van der Waals surface area contributed by atoms with Crippen molar-refractivity contribution in [2.24, 2.45) is 0 Å². The zero-order valence-corrected chi connectivity index (χ0v) is 15.0. The van der Waals surface area contributed by atoms with E-state index in [0.29, 0.717) is 50.1 Å². The maximum absolute atomic E-state index is 12.0. The molecular formula is C16H23N3O5S. The van der Waals surface area contributed by atoms with Gasteiger partial charge >= 0.3 is 12.0 Å². The van der Waals surface area contributed by atoms with Gasteiger partial charge in [0.15, 0.2) is 0 Å². The zero-order valence-electron chi connectivity index (χ0n) is 14.2. The molecule has 1 saturated heterocycles. The van der Waals surface area contributed by atoms with Crippen LogP contribution in [0.25, 0.3) is 0 Å². The van der Waals surface area contributed by atoms with Crippen molar-refractivity contribution in [2.45, 2.75) is 25.7 Å². The first-order chi connectivity index (χ1) is 11.9. The second-order valence-electron chi connectivity index (χ2n) is 5.71. The number of hydrogen-bond acceptors (Lipinski definition) is 5. The van der Waals surface area contributed by atoms with Crippen LogP contribution in [-0.2, 0) is 19.6 Å². The third-order valence-electron chi connectivity index (χ3n) is 3.81. The van der Waals surface area contributed by atoms with Crippen LogP contribution in [0.1, 0.15) is 25.7 Å². The smallest absolute Gasteiger partial charge is 0.319 e. The summed E-state index contributed by atoms with van der Waals surface area (Å²) in [6.07, 6.45) is 2.22. The van der Waals surface area contributed by atoms with Crippen molar-refractivity contribution in [3.63, 3.8) is 0 Å². The molecule has 1 aliphatic heterocycles. The van der Waals surface area contributed by atoms with Crippen molar-refractivity contribution in [3.05, 3.63) is 24.3 Å². The fraction of sp³-hybridized carbons (Fsp3) is 0.500. The van der Waals surface area contributed by atoms with Crippen LogP contribution in [0.3, 0.4) is 0 Å². The summed E-state index contributed by atoms with van der Waals surface area (Å²) in [5, 5.41) is 5.37. The van der Waals surface area contributed by atoms with Crippen LogP contribution >= 0.6 is 0 Å². The number of nitrogens with one attached hydrogen (secondary N) is 2. The lowest BCUT2D eigenvalue weighted by Crippen LogP contribution is -2.30. The minimum Gasteiger partial charge on any atom is -0.469 e. The van der Waals surface area contributed by atoms with E-state index >= 15 is 0 Å². The molecule has 2 rings (SSSR count). The van der Waals surface area contributed by atoms with Crippen LogP contribution in [0.5, 0.6) is 0 Å². The molecular weight excluding hydrogens is 346 g/mol. The molecule has 0 bridgehead atoms. The monoisotopic (exact) mass is 369 g/mol. The van der Waals surface area contributed by atoms with Crippen molar-refractivity contribution >= 4 is 33.4 Å². The first kappa shape index (κ1) is 19.0. The highest BCUT2D eigenvalue weighted by atomic mass is 32.2. The first-order valence-corrected chi connectivity index (χ1v) is 9.75. The number of anilines is 2.